The number of carbonyl (C=O) groups is 1. The van der Waals surface area contributed by atoms with Crippen LogP contribution in [0.5, 0.6) is 5.75 Å². The average Bonchev–Trinajstić information content (AvgIpc) is 2.86. The molecule has 0 radical (unpaired) electrons. The molecule has 0 aromatic heterocycles. The minimum atomic E-state index is -4.97. The van der Waals surface area contributed by atoms with Crippen LogP contribution in [0, 0.1) is 5.82 Å². The molecule has 2 N–H and O–H groups in total. The number of benzene rings is 3. The predicted octanol–water partition coefficient (Wildman–Crippen LogP) is 7.53. The molecule has 3 rings (SSSR count). The van der Waals surface area contributed by atoms with E-state index < -0.39 is 48.4 Å². The van der Waals surface area contributed by atoms with Gasteiger partial charge in [-0.2, -0.15) is 30.7 Å². The lowest BCUT2D eigenvalue weighted by molar-refractivity contribution is -0.253. The van der Waals surface area contributed by atoms with Crippen molar-refractivity contribution in [2.45, 2.75) is 50.4 Å². The zero-order valence-corrected chi connectivity index (χ0v) is 21.3. The van der Waals surface area contributed by atoms with Crippen LogP contribution < -0.4 is 15.4 Å². The van der Waals surface area contributed by atoms with Crippen molar-refractivity contribution in [1.82, 2.24) is 10.6 Å². The minimum Gasteiger partial charge on any atom is -0.428 e. The Kier molecular flexibility index (Phi) is 9.32. The topological polar surface area (TPSA) is 50.4 Å². The van der Waals surface area contributed by atoms with Gasteiger partial charge in [0.1, 0.15) is 18.1 Å². The summed E-state index contributed by atoms with van der Waals surface area (Å²) in [4.78, 5) is 12.8. The van der Waals surface area contributed by atoms with E-state index in [0.717, 1.165) is 17.7 Å². The van der Waals surface area contributed by atoms with Gasteiger partial charge >= 0.3 is 24.7 Å². The molecule has 3 aromatic carbocycles. The van der Waals surface area contributed by atoms with E-state index in [1.165, 1.54) is 0 Å². The van der Waals surface area contributed by atoms with Gasteiger partial charge in [0, 0.05) is 12.5 Å². The van der Waals surface area contributed by atoms with Gasteiger partial charge in [-0.3, -0.25) is 0 Å². The largest absolute Gasteiger partial charge is 0.461 e. The fourth-order valence-corrected chi connectivity index (χ4v) is 4.10. The maximum absolute atomic E-state index is 14.8. The summed E-state index contributed by atoms with van der Waals surface area (Å²) in [7, 11) is 0. The molecule has 0 bridgehead atoms. The molecule has 3 aromatic rings. The summed E-state index contributed by atoms with van der Waals surface area (Å²) in [5, 5.41) is 4.16. The first-order chi connectivity index (χ1) is 18.6. The Hall–Kier alpha value is -3.83. The van der Waals surface area contributed by atoms with E-state index in [1.54, 1.807) is 59.9 Å². The number of nitrogens with one attached hydrogen (secondary N) is 2. The van der Waals surface area contributed by atoms with Gasteiger partial charge in [0.25, 0.3) is 0 Å². The number of carbonyl (C=O) groups excluding carboxylic acids is 1. The number of hydrogen-bond donors (Lipinski definition) is 2. The molecule has 0 aliphatic rings. The van der Waals surface area contributed by atoms with Crippen LogP contribution in [0.15, 0.2) is 72.8 Å². The Morgan fingerprint density at radius 2 is 1.50 bits per heavy atom. The Labute approximate surface area is 225 Å². The van der Waals surface area contributed by atoms with Crippen molar-refractivity contribution >= 4 is 6.03 Å². The van der Waals surface area contributed by atoms with Crippen LogP contribution in [-0.2, 0) is 12.0 Å². The zero-order valence-electron chi connectivity index (χ0n) is 21.3. The molecule has 4 nitrogen and oxygen atoms in total. The van der Waals surface area contributed by atoms with Crippen molar-refractivity contribution in [3.05, 3.63) is 101 Å². The number of halogens is 8. The second-order valence-corrected chi connectivity index (χ2v) is 9.41. The lowest BCUT2D eigenvalue weighted by Gasteiger charge is -2.37. The molecule has 1 unspecified atom stereocenters. The molecule has 2 amide bonds. The smallest absolute Gasteiger partial charge is 0.428 e. The van der Waals surface area contributed by atoms with Gasteiger partial charge < -0.3 is 15.4 Å². The number of rotatable bonds is 10. The third kappa shape index (κ3) is 7.86. The molecule has 0 spiro atoms. The van der Waals surface area contributed by atoms with Gasteiger partial charge in [-0.25, -0.2) is 9.18 Å². The highest BCUT2D eigenvalue weighted by Gasteiger charge is 2.45. The van der Waals surface area contributed by atoms with E-state index in [2.05, 4.69) is 10.1 Å². The van der Waals surface area contributed by atoms with E-state index in [1.807, 2.05) is 13.8 Å². The van der Waals surface area contributed by atoms with Gasteiger partial charge in [0.05, 0.1) is 5.54 Å². The maximum Gasteiger partial charge on any atom is 0.461 e. The monoisotopic (exact) mass is 574 g/mol. The SMILES string of the molecule is CC(C)c1ccc(C(Cc2ccccc2)(NC(=O)NCC(F)(F)F)c2cc(F)cc(OC(F)(F)C(F)F)c2)cc1. The van der Waals surface area contributed by atoms with Gasteiger partial charge in [0.2, 0.25) is 0 Å². The first kappa shape index (κ1) is 30.7. The molecule has 0 saturated carbocycles. The van der Waals surface area contributed by atoms with Crippen molar-refractivity contribution in [1.29, 1.82) is 0 Å². The van der Waals surface area contributed by atoms with Crippen molar-refractivity contribution in [2.24, 2.45) is 0 Å². The molecule has 0 heterocycles. The van der Waals surface area contributed by atoms with E-state index in [0.29, 0.717) is 11.6 Å². The molecular weight excluding hydrogens is 548 g/mol. The standard InChI is InChI=1S/C28H26F8N2O2/c1-17(2)19-8-10-20(11-9-19)26(15-18-6-4-3-5-7-18,38-25(39)37-16-27(32,33)34)21-12-22(29)14-23(13-21)40-28(35,36)24(30)31/h3-14,17,24H,15-16H2,1-2H3,(H2,37,38,39). The van der Waals surface area contributed by atoms with Crippen LogP contribution in [0.1, 0.15) is 42.0 Å². The summed E-state index contributed by atoms with van der Waals surface area (Å²) in [6.45, 7) is 2.13. The molecule has 40 heavy (non-hydrogen) atoms. The maximum atomic E-state index is 14.8. The van der Waals surface area contributed by atoms with E-state index >= 15 is 0 Å². The molecule has 0 saturated heterocycles. The summed E-state index contributed by atoms with van der Waals surface area (Å²) in [5.41, 5.74) is -0.474. The molecule has 0 aliphatic heterocycles. The highest BCUT2D eigenvalue weighted by molar-refractivity contribution is 5.76. The molecule has 0 aliphatic carbocycles. The van der Waals surface area contributed by atoms with Crippen LogP contribution in [0.25, 0.3) is 0 Å². The Bertz CT molecular complexity index is 1280. The lowest BCUT2D eigenvalue weighted by Crippen LogP contribution is -2.53. The van der Waals surface area contributed by atoms with Crippen molar-refractivity contribution < 1.29 is 44.7 Å². The van der Waals surface area contributed by atoms with Crippen LogP contribution >= 0.6 is 0 Å². The third-order valence-corrected chi connectivity index (χ3v) is 6.03. The van der Waals surface area contributed by atoms with Gasteiger partial charge in [-0.05, 0) is 40.3 Å². The highest BCUT2D eigenvalue weighted by Crippen LogP contribution is 2.38. The third-order valence-electron chi connectivity index (χ3n) is 6.03. The zero-order chi connectivity index (χ0) is 29.7. The molecule has 0 fully saturated rings. The predicted molar refractivity (Wildman–Crippen MR) is 132 cm³/mol. The van der Waals surface area contributed by atoms with Crippen LogP contribution in [0.2, 0.25) is 0 Å². The molecule has 216 valence electrons. The number of amides is 2. The summed E-state index contributed by atoms with van der Waals surface area (Å²) < 4.78 is 111. The lowest BCUT2D eigenvalue weighted by atomic mass is 9.77. The minimum absolute atomic E-state index is 0.0753. The van der Waals surface area contributed by atoms with E-state index in [9.17, 15) is 39.9 Å². The fraction of sp³-hybridized carbons (Fsp3) is 0.321. The normalized spacial score (nSPS) is 13.7. The fourth-order valence-electron chi connectivity index (χ4n) is 4.10. The first-order valence-corrected chi connectivity index (χ1v) is 12.0. The summed E-state index contributed by atoms with van der Waals surface area (Å²) >= 11 is 0. The van der Waals surface area contributed by atoms with Gasteiger partial charge in [-0.1, -0.05) is 68.4 Å². The molecular formula is C28H26F8N2O2. The number of alkyl halides is 7. The van der Waals surface area contributed by atoms with Crippen molar-refractivity contribution in [3.8, 4) is 5.75 Å². The van der Waals surface area contributed by atoms with Crippen molar-refractivity contribution in [2.75, 3.05) is 6.54 Å². The number of urea groups is 1. The summed E-state index contributed by atoms with van der Waals surface area (Å²) in [6.07, 6.45) is -14.1. The second kappa shape index (κ2) is 12.1. The van der Waals surface area contributed by atoms with E-state index in [4.69, 9.17) is 0 Å². The van der Waals surface area contributed by atoms with Crippen LogP contribution in [-0.4, -0.2) is 31.3 Å². The van der Waals surface area contributed by atoms with E-state index in [-0.39, 0.29) is 23.5 Å². The quantitative estimate of drug-likeness (QED) is 0.246. The Balaban J connectivity index is 2.24. The van der Waals surface area contributed by atoms with Crippen LogP contribution in [0.3, 0.4) is 0 Å². The summed E-state index contributed by atoms with van der Waals surface area (Å²) in [6, 6.07) is 15.6. The highest BCUT2D eigenvalue weighted by atomic mass is 19.4. The van der Waals surface area contributed by atoms with Gasteiger partial charge in [0.15, 0.2) is 0 Å². The van der Waals surface area contributed by atoms with Gasteiger partial charge in [-0.15, -0.1) is 0 Å². The summed E-state index contributed by atoms with van der Waals surface area (Å²) in [5.74, 6) is -2.08. The number of ether oxygens (including phenoxy) is 1. The average molecular weight is 575 g/mol. The Morgan fingerprint density at radius 1 is 0.875 bits per heavy atom. The number of hydrogen-bond acceptors (Lipinski definition) is 2. The molecule has 1 atom stereocenters. The van der Waals surface area contributed by atoms with Crippen LogP contribution in [0.4, 0.5) is 39.9 Å². The second-order valence-electron chi connectivity index (χ2n) is 9.41. The Morgan fingerprint density at radius 3 is 2.05 bits per heavy atom. The molecule has 12 heteroatoms. The van der Waals surface area contributed by atoms with Crippen molar-refractivity contribution in [3.63, 3.8) is 0 Å². The first-order valence-electron chi connectivity index (χ1n) is 12.0.